The van der Waals surface area contributed by atoms with Crippen LogP contribution >= 0.6 is 0 Å². The lowest BCUT2D eigenvalue weighted by Gasteiger charge is -2.16. The summed E-state index contributed by atoms with van der Waals surface area (Å²) in [7, 11) is 1.69. The molecule has 0 bridgehead atoms. The van der Waals surface area contributed by atoms with Crippen LogP contribution < -0.4 is 0 Å². The molecule has 1 unspecified atom stereocenters. The van der Waals surface area contributed by atoms with E-state index in [9.17, 15) is 4.79 Å². The summed E-state index contributed by atoms with van der Waals surface area (Å²) in [5.41, 5.74) is 0. The van der Waals surface area contributed by atoms with Gasteiger partial charge in [-0.3, -0.25) is 4.79 Å². The Morgan fingerprint density at radius 1 is 0.895 bits per heavy atom. The van der Waals surface area contributed by atoms with Gasteiger partial charge in [0.2, 0.25) is 0 Å². The first-order valence-corrected chi connectivity index (χ1v) is 7.99. The lowest BCUT2D eigenvalue weighted by atomic mass is 9.92. The van der Waals surface area contributed by atoms with Gasteiger partial charge in [0.25, 0.3) is 0 Å². The molecule has 114 valence electrons. The first-order chi connectivity index (χ1) is 8.97. The molecule has 0 aromatic heterocycles. The van der Waals surface area contributed by atoms with Crippen molar-refractivity contribution in [1.29, 1.82) is 0 Å². The van der Waals surface area contributed by atoms with Crippen LogP contribution in [0.2, 0.25) is 0 Å². The van der Waals surface area contributed by atoms with Crippen molar-refractivity contribution in [2.45, 2.75) is 72.6 Å². The van der Waals surface area contributed by atoms with Crippen LogP contribution in [0.25, 0.3) is 0 Å². The summed E-state index contributed by atoms with van der Waals surface area (Å²) in [6, 6.07) is 0. The number of rotatable bonds is 12. The van der Waals surface area contributed by atoms with E-state index < -0.39 is 0 Å². The first kappa shape index (κ1) is 18.6. The summed E-state index contributed by atoms with van der Waals surface area (Å²) in [5, 5.41) is 0. The molecule has 0 aromatic carbocycles. The molecule has 1 atom stereocenters. The molecular formula is C17H34O2. The summed E-state index contributed by atoms with van der Waals surface area (Å²) in [6.45, 7) is 9.52. The molecule has 2 nitrogen and oxygen atoms in total. The number of methoxy groups -OCH3 is 1. The number of carbonyl (C=O) groups is 1. The lowest BCUT2D eigenvalue weighted by Crippen LogP contribution is -2.20. The lowest BCUT2D eigenvalue weighted by molar-refractivity contribution is -0.124. The van der Waals surface area contributed by atoms with Crippen LogP contribution in [0.15, 0.2) is 0 Å². The van der Waals surface area contributed by atoms with Crippen LogP contribution in [0.4, 0.5) is 0 Å². The van der Waals surface area contributed by atoms with E-state index in [-0.39, 0.29) is 5.92 Å². The van der Waals surface area contributed by atoms with Crippen LogP contribution in [0.5, 0.6) is 0 Å². The Morgan fingerprint density at radius 2 is 1.53 bits per heavy atom. The molecule has 0 aromatic rings. The van der Waals surface area contributed by atoms with Crippen molar-refractivity contribution in [2.75, 3.05) is 13.7 Å². The highest BCUT2D eigenvalue weighted by molar-refractivity contribution is 5.81. The smallest absolute Gasteiger partial charge is 0.138 e. The van der Waals surface area contributed by atoms with Gasteiger partial charge in [-0.1, -0.05) is 53.4 Å². The van der Waals surface area contributed by atoms with Crippen LogP contribution in [-0.2, 0) is 9.53 Å². The van der Waals surface area contributed by atoms with Gasteiger partial charge < -0.3 is 4.74 Å². The number of ketones is 1. The molecule has 0 aliphatic rings. The predicted molar refractivity (Wildman–Crippen MR) is 82.4 cm³/mol. The van der Waals surface area contributed by atoms with Crippen molar-refractivity contribution in [3.63, 3.8) is 0 Å². The number of unbranched alkanes of at least 4 members (excludes halogenated alkanes) is 2. The Hall–Kier alpha value is -0.370. The summed E-state index contributed by atoms with van der Waals surface area (Å²) < 4.78 is 5.20. The molecule has 0 rings (SSSR count). The van der Waals surface area contributed by atoms with Gasteiger partial charge in [-0.25, -0.2) is 0 Å². The molecule has 0 spiro atoms. The Bertz CT molecular complexity index is 221. The first-order valence-electron chi connectivity index (χ1n) is 7.99. The van der Waals surface area contributed by atoms with E-state index in [4.69, 9.17) is 4.74 Å². The Kier molecular flexibility index (Phi) is 11.2. The number of ether oxygens (including phenoxy) is 1. The van der Waals surface area contributed by atoms with Gasteiger partial charge >= 0.3 is 0 Å². The van der Waals surface area contributed by atoms with E-state index in [2.05, 4.69) is 27.7 Å². The summed E-state index contributed by atoms with van der Waals surface area (Å²) in [4.78, 5) is 12.2. The van der Waals surface area contributed by atoms with E-state index >= 15 is 0 Å². The summed E-state index contributed by atoms with van der Waals surface area (Å²) >= 11 is 0. The number of hydrogen-bond acceptors (Lipinski definition) is 2. The number of Topliss-reactive ketones (excluding diaryl/α,β-unsaturated/α-hetero) is 1. The van der Waals surface area contributed by atoms with E-state index in [1.807, 2.05) is 0 Å². The molecule has 0 amide bonds. The maximum absolute atomic E-state index is 12.2. The van der Waals surface area contributed by atoms with Crippen molar-refractivity contribution in [3.8, 4) is 0 Å². The fraction of sp³-hybridized carbons (Fsp3) is 0.941. The molecule has 0 saturated heterocycles. The average Bonchev–Trinajstić information content (AvgIpc) is 2.33. The molecule has 0 heterocycles. The molecule has 0 radical (unpaired) electrons. The SMILES string of the molecule is COCC(CCC(C)C)C(=O)CCCCCC(C)C. The minimum absolute atomic E-state index is 0.123. The fourth-order valence-corrected chi connectivity index (χ4v) is 2.31. The molecule has 0 aliphatic carbocycles. The maximum atomic E-state index is 12.2. The zero-order valence-electron chi connectivity index (χ0n) is 13.7. The molecule has 0 fully saturated rings. The van der Waals surface area contributed by atoms with Gasteiger partial charge in [0, 0.05) is 19.4 Å². The minimum atomic E-state index is 0.123. The van der Waals surface area contributed by atoms with Crippen LogP contribution in [0, 0.1) is 17.8 Å². The second-order valence-corrected chi connectivity index (χ2v) is 6.58. The highest BCUT2D eigenvalue weighted by Gasteiger charge is 2.18. The summed E-state index contributed by atoms with van der Waals surface area (Å²) in [5.74, 6) is 1.98. The van der Waals surface area contributed by atoms with E-state index in [0.717, 1.165) is 31.6 Å². The zero-order valence-corrected chi connectivity index (χ0v) is 13.7. The second kappa shape index (κ2) is 11.5. The predicted octanol–water partition coefficient (Wildman–Crippen LogP) is 4.86. The Balaban J connectivity index is 3.84. The molecule has 19 heavy (non-hydrogen) atoms. The van der Waals surface area contributed by atoms with Crippen molar-refractivity contribution < 1.29 is 9.53 Å². The van der Waals surface area contributed by atoms with E-state index in [1.165, 1.54) is 19.3 Å². The highest BCUT2D eigenvalue weighted by atomic mass is 16.5. The van der Waals surface area contributed by atoms with Gasteiger partial charge in [0.05, 0.1) is 6.61 Å². The average molecular weight is 270 g/mol. The van der Waals surface area contributed by atoms with Crippen LogP contribution in [-0.4, -0.2) is 19.5 Å². The van der Waals surface area contributed by atoms with Crippen molar-refractivity contribution in [2.24, 2.45) is 17.8 Å². The standard InChI is InChI=1S/C17H34O2/c1-14(2)9-7-6-8-10-17(18)16(13-19-5)12-11-15(3)4/h14-16H,6-13H2,1-5H3. The van der Waals surface area contributed by atoms with Gasteiger partial charge in [-0.15, -0.1) is 0 Å². The number of carbonyl (C=O) groups excluding carboxylic acids is 1. The van der Waals surface area contributed by atoms with E-state index in [0.29, 0.717) is 18.3 Å². The summed E-state index contributed by atoms with van der Waals surface area (Å²) in [6.07, 6.45) is 7.61. The third-order valence-electron chi connectivity index (χ3n) is 3.62. The quantitative estimate of drug-likeness (QED) is 0.473. The van der Waals surface area contributed by atoms with Gasteiger partial charge in [-0.05, 0) is 24.7 Å². The van der Waals surface area contributed by atoms with Gasteiger partial charge in [0.15, 0.2) is 0 Å². The Labute approximate surface area is 120 Å². The number of hydrogen-bond donors (Lipinski definition) is 0. The maximum Gasteiger partial charge on any atom is 0.138 e. The zero-order chi connectivity index (χ0) is 14.7. The van der Waals surface area contributed by atoms with Crippen molar-refractivity contribution in [1.82, 2.24) is 0 Å². The minimum Gasteiger partial charge on any atom is -0.384 e. The van der Waals surface area contributed by atoms with Crippen molar-refractivity contribution >= 4 is 5.78 Å². The van der Waals surface area contributed by atoms with Crippen LogP contribution in [0.1, 0.15) is 72.6 Å². The van der Waals surface area contributed by atoms with E-state index in [1.54, 1.807) is 7.11 Å². The normalized spacial score (nSPS) is 13.2. The van der Waals surface area contributed by atoms with Crippen molar-refractivity contribution in [3.05, 3.63) is 0 Å². The fourth-order valence-electron chi connectivity index (χ4n) is 2.31. The third-order valence-corrected chi connectivity index (χ3v) is 3.62. The highest BCUT2D eigenvalue weighted by Crippen LogP contribution is 2.17. The Morgan fingerprint density at radius 3 is 2.05 bits per heavy atom. The molecular weight excluding hydrogens is 236 g/mol. The van der Waals surface area contributed by atoms with Crippen LogP contribution in [0.3, 0.4) is 0 Å². The topological polar surface area (TPSA) is 26.3 Å². The molecule has 0 saturated carbocycles. The largest absolute Gasteiger partial charge is 0.384 e. The molecule has 0 N–H and O–H groups in total. The molecule has 0 aliphatic heterocycles. The second-order valence-electron chi connectivity index (χ2n) is 6.58. The monoisotopic (exact) mass is 270 g/mol. The third kappa shape index (κ3) is 11.2. The molecule has 2 heteroatoms. The van der Waals surface area contributed by atoms with Gasteiger partial charge in [0.1, 0.15) is 5.78 Å². The van der Waals surface area contributed by atoms with Gasteiger partial charge in [-0.2, -0.15) is 0 Å².